The van der Waals surface area contributed by atoms with Crippen LogP contribution in [0.5, 0.6) is 0 Å². The average molecular weight is 269 g/mol. The predicted octanol–water partition coefficient (Wildman–Crippen LogP) is 5.70. The summed E-state index contributed by atoms with van der Waals surface area (Å²) in [6, 6.07) is 0. The van der Waals surface area contributed by atoms with E-state index in [-0.39, 0.29) is 0 Å². The molecule has 0 rings (SSSR count). The Kier molecular flexibility index (Phi) is 7.16. The summed E-state index contributed by atoms with van der Waals surface area (Å²) in [4.78, 5) is 0. The summed E-state index contributed by atoms with van der Waals surface area (Å²) >= 11 is 0. The van der Waals surface area contributed by atoms with Gasteiger partial charge >= 0.3 is 0 Å². The molecule has 0 unspecified atom stereocenters. The van der Waals surface area contributed by atoms with Crippen LogP contribution in [0.3, 0.4) is 0 Å². The van der Waals surface area contributed by atoms with Crippen LogP contribution in [0, 0.1) is 0 Å². The highest BCUT2D eigenvalue weighted by Crippen LogP contribution is 2.36. The maximum absolute atomic E-state index is 6.14. The molecule has 0 N–H and O–H groups in total. The summed E-state index contributed by atoms with van der Waals surface area (Å²) in [6.07, 6.45) is 6.84. The summed E-state index contributed by atoms with van der Waals surface area (Å²) in [5.74, 6) is 0. The summed E-state index contributed by atoms with van der Waals surface area (Å²) < 4.78 is 6.14. The first-order chi connectivity index (χ1) is 8.06. The van der Waals surface area contributed by atoms with Gasteiger partial charge in [0.15, 0.2) is 8.32 Å². The Hall–Kier alpha value is -0.343. The van der Waals surface area contributed by atoms with Gasteiger partial charge in [-0.05, 0) is 51.7 Å². The maximum atomic E-state index is 6.14. The predicted molar refractivity (Wildman–Crippen MR) is 85.6 cm³/mol. The third-order valence-corrected chi connectivity index (χ3v) is 8.27. The smallest absolute Gasteiger partial charge is 0.192 e. The molecule has 0 saturated heterocycles. The van der Waals surface area contributed by atoms with Crippen LogP contribution < -0.4 is 0 Å². The molecule has 0 aliphatic heterocycles. The van der Waals surface area contributed by atoms with E-state index in [0.29, 0.717) is 5.04 Å². The van der Waals surface area contributed by atoms with Crippen molar-refractivity contribution < 1.29 is 4.43 Å². The molecule has 18 heavy (non-hydrogen) atoms. The Morgan fingerprint density at radius 2 is 1.61 bits per heavy atom. The van der Waals surface area contributed by atoms with Gasteiger partial charge in [-0.25, -0.2) is 0 Å². The fourth-order valence-electron chi connectivity index (χ4n) is 1.30. The van der Waals surface area contributed by atoms with Gasteiger partial charge < -0.3 is 4.43 Å². The van der Waals surface area contributed by atoms with Crippen LogP contribution in [0.1, 0.15) is 54.4 Å². The monoisotopic (exact) mass is 268 g/mol. The number of rotatable bonds is 6. The van der Waals surface area contributed by atoms with E-state index in [4.69, 9.17) is 4.43 Å². The molecule has 0 atom stereocenters. The maximum Gasteiger partial charge on any atom is 0.192 e. The Labute approximate surface area is 115 Å². The molecule has 2 heteroatoms. The molecule has 0 heterocycles. The lowest BCUT2D eigenvalue weighted by atomic mass is 10.1. The van der Waals surface area contributed by atoms with Crippen LogP contribution in [0.15, 0.2) is 23.3 Å². The molecule has 0 aliphatic rings. The highest BCUT2D eigenvalue weighted by atomic mass is 28.4. The standard InChI is InChI=1S/C16H32OSi/c1-14(2)10-9-11-15(3)12-13-17-18(7,8)16(4,5)6/h10,12H,9,11,13H2,1-8H3/b15-12-. The third-order valence-electron chi connectivity index (χ3n) is 3.77. The molecule has 0 saturated carbocycles. The van der Waals surface area contributed by atoms with Crippen molar-refractivity contribution in [2.24, 2.45) is 0 Å². The van der Waals surface area contributed by atoms with Crippen molar-refractivity contribution in [3.05, 3.63) is 23.3 Å². The molecular weight excluding hydrogens is 236 g/mol. The Balaban J connectivity index is 4.13. The zero-order valence-corrected chi connectivity index (χ0v) is 14.7. The molecular formula is C16H32OSi. The van der Waals surface area contributed by atoms with Crippen molar-refractivity contribution in [3.63, 3.8) is 0 Å². The third kappa shape index (κ3) is 7.17. The molecule has 0 aliphatic carbocycles. The van der Waals surface area contributed by atoms with E-state index < -0.39 is 8.32 Å². The van der Waals surface area contributed by atoms with Gasteiger partial charge in [0.25, 0.3) is 0 Å². The van der Waals surface area contributed by atoms with Gasteiger partial charge in [0.2, 0.25) is 0 Å². The van der Waals surface area contributed by atoms with Crippen molar-refractivity contribution in [2.45, 2.75) is 72.5 Å². The molecule has 0 aromatic rings. The first kappa shape index (κ1) is 17.7. The SMILES string of the molecule is CC(C)=CCC/C(C)=C\CO[Si](C)(C)C(C)(C)C. The molecule has 0 spiro atoms. The normalized spacial score (nSPS) is 13.7. The van der Waals surface area contributed by atoms with Gasteiger partial charge in [-0.3, -0.25) is 0 Å². The van der Waals surface area contributed by atoms with Gasteiger partial charge in [-0.1, -0.05) is 44.1 Å². The lowest BCUT2D eigenvalue weighted by molar-refractivity contribution is 0.327. The molecule has 0 aromatic carbocycles. The molecule has 0 aromatic heterocycles. The van der Waals surface area contributed by atoms with Crippen molar-refractivity contribution in [2.75, 3.05) is 6.61 Å². The fourth-order valence-corrected chi connectivity index (χ4v) is 2.23. The van der Waals surface area contributed by atoms with E-state index in [9.17, 15) is 0 Å². The minimum Gasteiger partial charge on any atom is -0.413 e. The van der Waals surface area contributed by atoms with E-state index in [1.165, 1.54) is 11.1 Å². The van der Waals surface area contributed by atoms with Crippen molar-refractivity contribution in [3.8, 4) is 0 Å². The summed E-state index contributed by atoms with van der Waals surface area (Å²) in [7, 11) is -1.58. The first-order valence-corrected chi connectivity index (χ1v) is 9.90. The van der Waals surface area contributed by atoms with E-state index in [0.717, 1.165) is 19.4 Å². The number of hydrogen-bond acceptors (Lipinski definition) is 1. The van der Waals surface area contributed by atoms with E-state index in [1.54, 1.807) is 0 Å². The molecule has 0 bridgehead atoms. The van der Waals surface area contributed by atoms with Crippen LogP contribution in [0.25, 0.3) is 0 Å². The van der Waals surface area contributed by atoms with E-state index in [2.05, 4.69) is 66.8 Å². The highest BCUT2D eigenvalue weighted by molar-refractivity contribution is 6.74. The lowest BCUT2D eigenvalue weighted by Crippen LogP contribution is -2.40. The molecule has 106 valence electrons. The second-order valence-corrected chi connectivity index (χ2v) is 11.8. The first-order valence-electron chi connectivity index (χ1n) is 6.99. The van der Waals surface area contributed by atoms with Gasteiger partial charge in [0.05, 0.1) is 6.61 Å². The van der Waals surface area contributed by atoms with E-state index >= 15 is 0 Å². The van der Waals surface area contributed by atoms with Gasteiger partial charge in [-0.15, -0.1) is 0 Å². The zero-order chi connectivity index (χ0) is 14.4. The van der Waals surface area contributed by atoms with Gasteiger partial charge in [0.1, 0.15) is 0 Å². The minimum absolute atomic E-state index is 0.302. The van der Waals surface area contributed by atoms with Crippen molar-refractivity contribution >= 4 is 8.32 Å². The minimum atomic E-state index is -1.58. The fraction of sp³-hybridized carbons (Fsp3) is 0.750. The summed E-state index contributed by atoms with van der Waals surface area (Å²) in [5, 5.41) is 0.302. The van der Waals surface area contributed by atoms with E-state index in [1.807, 2.05) is 0 Å². The van der Waals surface area contributed by atoms with Gasteiger partial charge in [0, 0.05) is 0 Å². The largest absolute Gasteiger partial charge is 0.413 e. The zero-order valence-electron chi connectivity index (χ0n) is 13.7. The molecule has 0 fully saturated rings. The van der Waals surface area contributed by atoms with Crippen molar-refractivity contribution in [1.29, 1.82) is 0 Å². The van der Waals surface area contributed by atoms with Crippen LogP contribution in [0.4, 0.5) is 0 Å². The Bertz CT molecular complexity index is 302. The summed E-state index contributed by atoms with van der Waals surface area (Å²) in [5.41, 5.74) is 2.84. The van der Waals surface area contributed by atoms with Crippen LogP contribution in [-0.2, 0) is 4.43 Å². The molecule has 0 amide bonds. The Morgan fingerprint density at radius 1 is 1.06 bits per heavy atom. The van der Waals surface area contributed by atoms with Gasteiger partial charge in [-0.2, -0.15) is 0 Å². The summed E-state index contributed by atoms with van der Waals surface area (Å²) in [6.45, 7) is 18.7. The molecule has 0 radical (unpaired) electrons. The number of hydrogen-bond donors (Lipinski definition) is 0. The second-order valence-electron chi connectivity index (χ2n) is 6.94. The van der Waals surface area contributed by atoms with Crippen LogP contribution in [0.2, 0.25) is 18.1 Å². The Morgan fingerprint density at radius 3 is 2.06 bits per heavy atom. The van der Waals surface area contributed by atoms with Crippen LogP contribution in [-0.4, -0.2) is 14.9 Å². The lowest BCUT2D eigenvalue weighted by Gasteiger charge is -2.35. The average Bonchev–Trinajstić information content (AvgIpc) is 2.14. The van der Waals surface area contributed by atoms with Crippen molar-refractivity contribution in [1.82, 2.24) is 0 Å². The number of allylic oxidation sites excluding steroid dienone is 3. The second kappa shape index (κ2) is 7.30. The molecule has 1 nitrogen and oxygen atoms in total. The topological polar surface area (TPSA) is 9.23 Å². The highest BCUT2D eigenvalue weighted by Gasteiger charge is 2.36. The van der Waals surface area contributed by atoms with Crippen LogP contribution >= 0.6 is 0 Å². The quantitative estimate of drug-likeness (QED) is 0.443.